The Bertz CT molecular complexity index is 904. The van der Waals surface area contributed by atoms with Gasteiger partial charge in [0.15, 0.2) is 0 Å². The van der Waals surface area contributed by atoms with E-state index in [2.05, 4.69) is 15.6 Å². The highest BCUT2D eigenvalue weighted by Gasteiger charge is 2.15. The van der Waals surface area contributed by atoms with E-state index in [1.165, 1.54) is 12.3 Å². The van der Waals surface area contributed by atoms with Crippen molar-refractivity contribution in [2.75, 3.05) is 6.54 Å². The highest BCUT2D eigenvalue weighted by atomic mass is 16.3. The van der Waals surface area contributed by atoms with Crippen molar-refractivity contribution in [3.05, 3.63) is 95.8 Å². The number of nitrogens with one attached hydrogen (secondary N) is 2. The smallest absolute Gasteiger partial charge is 0.267 e. The molecular weight excluding hydrogens is 342 g/mol. The van der Waals surface area contributed by atoms with E-state index in [0.29, 0.717) is 24.3 Å². The van der Waals surface area contributed by atoms with Crippen LogP contribution in [-0.4, -0.2) is 23.3 Å². The van der Waals surface area contributed by atoms with Gasteiger partial charge in [-0.25, -0.2) is 0 Å². The van der Waals surface area contributed by atoms with Crippen LogP contribution in [0.1, 0.15) is 21.8 Å². The van der Waals surface area contributed by atoms with Crippen molar-refractivity contribution in [1.29, 1.82) is 0 Å². The first kappa shape index (κ1) is 18.1. The minimum atomic E-state index is -0.397. The Morgan fingerprint density at radius 1 is 1.00 bits per heavy atom. The van der Waals surface area contributed by atoms with Crippen LogP contribution in [0, 0.1) is 0 Å². The van der Waals surface area contributed by atoms with Crippen LogP contribution in [0.15, 0.2) is 83.2 Å². The highest BCUT2D eigenvalue weighted by Crippen LogP contribution is 2.08. The summed E-state index contributed by atoms with van der Waals surface area (Å²) in [6.45, 7) is 0.395. The number of hydrogen-bond donors (Lipinski definition) is 2. The Balaban J connectivity index is 1.68. The van der Waals surface area contributed by atoms with E-state index < -0.39 is 5.91 Å². The van der Waals surface area contributed by atoms with Crippen molar-refractivity contribution in [1.82, 2.24) is 15.6 Å². The standard InChI is InChI=1S/C21H19N3O3/c25-20(16-7-2-1-3-8-16)24-19(15-18-10-6-14-27-18)21(26)23-13-11-17-9-4-5-12-22-17/h1-10,12,14-15H,11,13H2,(H,23,26)(H,24,25). The molecule has 3 rings (SSSR count). The first-order valence-electron chi connectivity index (χ1n) is 8.52. The maximum absolute atomic E-state index is 12.6. The fraction of sp³-hybridized carbons (Fsp3) is 0.0952. The summed E-state index contributed by atoms with van der Waals surface area (Å²) in [7, 11) is 0. The van der Waals surface area contributed by atoms with Crippen molar-refractivity contribution in [3.8, 4) is 0 Å². The molecule has 2 heterocycles. The molecule has 3 aromatic rings. The zero-order chi connectivity index (χ0) is 18.9. The predicted octanol–water partition coefficient (Wildman–Crippen LogP) is 2.80. The molecule has 2 aromatic heterocycles. The zero-order valence-electron chi connectivity index (χ0n) is 14.6. The summed E-state index contributed by atoms with van der Waals surface area (Å²) in [5, 5.41) is 5.45. The van der Waals surface area contributed by atoms with Crippen LogP contribution in [0.4, 0.5) is 0 Å². The summed E-state index contributed by atoms with van der Waals surface area (Å²) >= 11 is 0. The summed E-state index contributed by atoms with van der Waals surface area (Å²) < 4.78 is 5.26. The van der Waals surface area contributed by atoms with Gasteiger partial charge in [0.2, 0.25) is 0 Å². The van der Waals surface area contributed by atoms with E-state index in [0.717, 1.165) is 5.69 Å². The molecule has 0 aliphatic heterocycles. The third kappa shape index (κ3) is 5.40. The van der Waals surface area contributed by atoms with E-state index in [-0.39, 0.29) is 11.6 Å². The average molecular weight is 361 g/mol. The molecule has 2 N–H and O–H groups in total. The fourth-order valence-corrected chi connectivity index (χ4v) is 2.40. The van der Waals surface area contributed by atoms with E-state index >= 15 is 0 Å². The second-order valence-corrected chi connectivity index (χ2v) is 5.72. The number of rotatable bonds is 7. The molecule has 2 amide bonds. The molecule has 136 valence electrons. The lowest BCUT2D eigenvalue weighted by Gasteiger charge is -2.10. The van der Waals surface area contributed by atoms with Crippen LogP contribution in [-0.2, 0) is 11.2 Å². The molecule has 27 heavy (non-hydrogen) atoms. The summed E-state index contributed by atoms with van der Waals surface area (Å²) in [5.41, 5.74) is 1.45. The van der Waals surface area contributed by atoms with Gasteiger partial charge in [-0.2, -0.15) is 0 Å². The summed E-state index contributed by atoms with van der Waals surface area (Å²) in [6.07, 6.45) is 5.30. The van der Waals surface area contributed by atoms with Crippen LogP contribution < -0.4 is 10.6 Å². The van der Waals surface area contributed by atoms with E-state index in [1.54, 1.807) is 42.6 Å². The molecule has 0 unspecified atom stereocenters. The number of aromatic nitrogens is 1. The normalized spacial score (nSPS) is 11.0. The van der Waals surface area contributed by atoms with Gasteiger partial charge in [-0.1, -0.05) is 24.3 Å². The molecule has 0 aliphatic carbocycles. The largest absolute Gasteiger partial charge is 0.465 e. The van der Waals surface area contributed by atoms with Gasteiger partial charge < -0.3 is 15.1 Å². The maximum atomic E-state index is 12.6. The average Bonchev–Trinajstić information content (AvgIpc) is 3.22. The monoisotopic (exact) mass is 361 g/mol. The van der Waals surface area contributed by atoms with Gasteiger partial charge in [-0.05, 0) is 36.4 Å². The Hall–Kier alpha value is -3.67. The molecule has 0 atom stereocenters. The number of carbonyl (C=O) groups excluding carboxylic acids is 2. The summed E-state index contributed by atoms with van der Waals surface area (Å²) in [5.74, 6) is -0.293. The van der Waals surface area contributed by atoms with Gasteiger partial charge in [-0.15, -0.1) is 0 Å². The van der Waals surface area contributed by atoms with Crippen molar-refractivity contribution in [3.63, 3.8) is 0 Å². The number of pyridine rings is 1. The Morgan fingerprint density at radius 3 is 2.52 bits per heavy atom. The first-order valence-corrected chi connectivity index (χ1v) is 8.52. The van der Waals surface area contributed by atoms with E-state index in [9.17, 15) is 9.59 Å². The second kappa shape index (κ2) is 9.15. The molecule has 0 aliphatic rings. The van der Waals surface area contributed by atoms with Gasteiger partial charge in [-0.3, -0.25) is 14.6 Å². The third-order valence-corrected chi connectivity index (χ3v) is 3.75. The summed E-state index contributed by atoms with van der Waals surface area (Å²) in [6, 6.07) is 17.7. The highest BCUT2D eigenvalue weighted by molar-refractivity contribution is 6.05. The minimum Gasteiger partial charge on any atom is -0.465 e. The van der Waals surface area contributed by atoms with Crippen molar-refractivity contribution >= 4 is 17.9 Å². The van der Waals surface area contributed by atoms with Crippen molar-refractivity contribution in [2.24, 2.45) is 0 Å². The van der Waals surface area contributed by atoms with E-state index in [4.69, 9.17) is 4.42 Å². The molecule has 0 saturated heterocycles. The van der Waals surface area contributed by atoms with Gasteiger partial charge in [0, 0.05) is 36.5 Å². The Morgan fingerprint density at radius 2 is 1.81 bits per heavy atom. The third-order valence-electron chi connectivity index (χ3n) is 3.75. The lowest BCUT2D eigenvalue weighted by atomic mass is 10.2. The van der Waals surface area contributed by atoms with Crippen LogP contribution in [0.3, 0.4) is 0 Å². The van der Waals surface area contributed by atoms with E-state index in [1.807, 2.05) is 24.3 Å². The van der Waals surface area contributed by atoms with Gasteiger partial charge in [0.05, 0.1) is 6.26 Å². The molecule has 0 bridgehead atoms. The van der Waals surface area contributed by atoms with Crippen LogP contribution in [0.25, 0.3) is 6.08 Å². The summed E-state index contributed by atoms with van der Waals surface area (Å²) in [4.78, 5) is 29.2. The SMILES string of the molecule is O=C(NCCc1ccccn1)C(=Cc1ccco1)NC(=O)c1ccccc1. The Labute approximate surface area is 156 Å². The molecule has 0 spiro atoms. The number of amides is 2. The first-order chi connectivity index (χ1) is 13.2. The number of hydrogen-bond acceptors (Lipinski definition) is 4. The number of nitrogens with zero attached hydrogens (tertiary/aromatic N) is 1. The molecule has 0 saturated carbocycles. The zero-order valence-corrected chi connectivity index (χ0v) is 14.6. The van der Waals surface area contributed by atoms with Crippen LogP contribution in [0.2, 0.25) is 0 Å². The molecule has 6 heteroatoms. The molecular formula is C21H19N3O3. The predicted molar refractivity (Wildman–Crippen MR) is 102 cm³/mol. The fourth-order valence-electron chi connectivity index (χ4n) is 2.40. The lowest BCUT2D eigenvalue weighted by molar-refractivity contribution is -0.117. The van der Waals surface area contributed by atoms with Crippen LogP contribution >= 0.6 is 0 Å². The van der Waals surface area contributed by atoms with Gasteiger partial charge in [0.25, 0.3) is 11.8 Å². The topological polar surface area (TPSA) is 84.2 Å². The molecule has 1 aromatic carbocycles. The lowest BCUT2D eigenvalue weighted by Crippen LogP contribution is -2.35. The number of furan rings is 1. The van der Waals surface area contributed by atoms with Gasteiger partial charge >= 0.3 is 0 Å². The quantitative estimate of drug-likeness (QED) is 0.634. The minimum absolute atomic E-state index is 0.111. The number of carbonyl (C=O) groups is 2. The maximum Gasteiger partial charge on any atom is 0.267 e. The second-order valence-electron chi connectivity index (χ2n) is 5.72. The molecule has 6 nitrogen and oxygen atoms in total. The van der Waals surface area contributed by atoms with Crippen LogP contribution in [0.5, 0.6) is 0 Å². The Kier molecular flexibility index (Phi) is 6.14. The number of benzene rings is 1. The molecule has 0 fully saturated rings. The van der Waals surface area contributed by atoms with Gasteiger partial charge in [0.1, 0.15) is 11.5 Å². The van der Waals surface area contributed by atoms with Crippen molar-refractivity contribution < 1.29 is 14.0 Å². The van der Waals surface area contributed by atoms with Crippen molar-refractivity contribution in [2.45, 2.75) is 6.42 Å². The molecule has 0 radical (unpaired) electrons.